The lowest BCUT2D eigenvalue weighted by Crippen LogP contribution is -1.94. The van der Waals surface area contributed by atoms with E-state index < -0.39 is 0 Å². The fourth-order valence-electron chi connectivity index (χ4n) is 3.23. The summed E-state index contributed by atoms with van der Waals surface area (Å²) in [5.74, 6) is 0.930. The minimum atomic E-state index is 0.930. The number of nitrogens with zero attached hydrogens (tertiary/aromatic N) is 3. The van der Waals surface area contributed by atoms with Gasteiger partial charge < -0.3 is 0 Å². The van der Waals surface area contributed by atoms with E-state index in [1.165, 1.54) is 0 Å². The lowest BCUT2D eigenvalue weighted by molar-refractivity contribution is 1.11. The van der Waals surface area contributed by atoms with Crippen LogP contribution in [-0.2, 0) is 0 Å². The molecule has 0 saturated carbocycles. The Hall–Kier alpha value is -2.59. The Labute approximate surface area is 140 Å². The van der Waals surface area contributed by atoms with Crippen molar-refractivity contribution in [2.24, 2.45) is 0 Å². The van der Waals surface area contributed by atoms with E-state index in [4.69, 9.17) is 4.98 Å². The minimum absolute atomic E-state index is 0.930. The Bertz CT molecular complexity index is 1170. The Balaban J connectivity index is 2.09. The van der Waals surface area contributed by atoms with Gasteiger partial charge in [-0.15, -0.1) is 0 Å². The molecule has 5 aromatic rings. The highest BCUT2D eigenvalue weighted by Gasteiger charge is 2.18. The molecular formula is C19H12BrN3. The molecule has 0 N–H and O–H groups in total. The van der Waals surface area contributed by atoms with E-state index in [-0.39, 0.29) is 0 Å². The quantitative estimate of drug-likeness (QED) is 0.402. The summed E-state index contributed by atoms with van der Waals surface area (Å²) in [6.07, 6.45) is 0. The van der Waals surface area contributed by atoms with Gasteiger partial charge in [-0.1, -0.05) is 36.4 Å². The molecule has 0 unspecified atom stereocenters. The van der Waals surface area contributed by atoms with Crippen molar-refractivity contribution in [3.05, 3.63) is 77.3 Å². The van der Waals surface area contributed by atoms with Crippen LogP contribution in [0.4, 0.5) is 0 Å². The standard InChI is InChI=1S/C19H12BrN3/c20-14-9-6-12-17-18(14)22(13-7-2-1-3-8-13)19-21-15-10-4-5-11-16(15)23(17)19/h1-12H. The molecule has 0 amide bonds. The van der Waals surface area contributed by atoms with Crippen LogP contribution in [0.15, 0.2) is 77.3 Å². The van der Waals surface area contributed by atoms with Gasteiger partial charge in [0.05, 0.1) is 22.1 Å². The molecule has 0 atom stereocenters. The Kier molecular flexibility index (Phi) is 2.64. The van der Waals surface area contributed by atoms with Gasteiger partial charge in [-0.3, -0.25) is 8.97 Å². The van der Waals surface area contributed by atoms with Crippen molar-refractivity contribution in [1.82, 2.24) is 14.0 Å². The summed E-state index contributed by atoms with van der Waals surface area (Å²) in [5.41, 5.74) is 5.52. The predicted molar refractivity (Wildman–Crippen MR) is 97.2 cm³/mol. The molecule has 0 aliphatic heterocycles. The first-order valence-electron chi connectivity index (χ1n) is 7.46. The van der Waals surface area contributed by atoms with Crippen LogP contribution in [0, 0.1) is 0 Å². The van der Waals surface area contributed by atoms with Crippen LogP contribution in [-0.4, -0.2) is 14.0 Å². The number of benzene rings is 3. The second-order valence-electron chi connectivity index (χ2n) is 5.51. The molecule has 2 aromatic heterocycles. The number of imidazole rings is 2. The van der Waals surface area contributed by atoms with E-state index in [1.54, 1.807) is 0 Å². The molecule has 0 aliphatic carbocycles. The van der Waals surface area contributed by atoms with E-state index in [2.05, 4.69) is 85.6 Å². The maximum absolute atomic E-state index is 4.87. The molecule has 0 bridgehead atoms. The molecule has 0 fully saturated rings. The van der Waals surface area contributed by atoms with E-state index >= 15 is 0 Å². The number of hydrogen-bond acceptors (Lipinski definition) is 1. The van der Waals surface area contributed by atoms with Crippen molar-refractivity contribution in [3.63, 3.8) is 0 Å². The maximum atomic E-state index is 4.87. The first-order chi connectivity index (χ1) is 11.3. The van der Waals surface area contributed by atoms with E-state index in [9.17, 15) is 0 Å². The molecule has 2 heterocycles. The third-order valence-electron chi connectivity index (χ3n) is 4.19. The second kappa shape index (κ2) is 4.70. The molecule has 4 heteroatoms. The predicted octanol–water partition coefficient (Wildman–Crippen LogP) is 5.19. The smallest absolute Gasteiger partial charge is 0.220 e. The lowest BCUT2D eigenvalue weighted by atomic mass is 10.2. The molecule has 0 aliphatic rings. The first kappa shape index (κ1) is 12.9. The number of halogens is 1. The summed E-state index contributed by atoms with van der Waals surface area (Å²) >= 11 is 3.71. The summed E-state index contributed by atoms with van der Waals surface area (Å²) in [5, 5.41) is 0. The van der Waals surface area contributed by atoms with Crippen LogP contribution in [0.25, 0.3) is 33.5 Å². The number of hydrogen-bond donors (Lipinski definition) is 0. The van der Waals surface area contributed by atoms with E-state index in [0.29, 0.717) is 0 Å². The third-order valence-corrected chi connectivity index (χ3v) is 4.83. The van der Waals surface area contributed by atoms with Gasteiger partial charge in [0.2, 0.25) is 5.78 Å². The van der Waals surface area contributed by atoms with Crippen molar-refractivity contribution >= 4 is 43.8 Å². The van der Waals surface area contributed by atoms with E-state index in [0.717, 1.165) is 38.0 Å². The Morgan fingerprint density at radius 1 is 0.739 bits per heavy atom. The van der Waals surface area contributed by atoms with Gasteiger partial charge in [-0.05, 0) is 52.3 Å². The van der Waals surface area contributed by atoms with Crippen LogP contribution in [0.3, 0.4) is 0 Å². The molecular weight excluding hydrogens is 350 g/mol. The lowest BCUT2D eigenvalue weighted by Gasteiger charge is -2.05. The summed E-state index contributed by atoms with van der Waals surface area (Å²) in [7, 11) is 0. The van der Waals surface area contributed by atoms with Gasteiger partial charge in [0, 0.05) is 10.2 Å². The highest BCUT2D eigenvalue weighted by molar-refractivity contribution is 9.10. The summed E-state index contributed by atoms with van der Waals surface area (Å²) in [4.78, 5) is 4.87. The fourth-order valence-corrected chi connectivity index (χ4v) is 3.76. The molecule has 5 rings (SSSR count). The average Bonchev–Trinajstić information content (AvgIpc) is 3.11. The van der Waals surface area contributed by atoms with Gasteiger partial charge in [0.1, 0.15) is 0 Å². The molecule has 23 heavy (non-hydrogen) atoms. The van der Waals surface area contributed by atoms with Gasteiger partial charge in [-0.2, -0.15) is 0 Å². The first-order valence-corrected chi connectivity index (χ1v) is 8.25. The van der Waals surface area contributed by atoms with Gasteiger partial charge in [0.15, 0.2) is 0 Å². The van der Waals surface area contributed by atoms with Crippen LogP contribution < -0.4 is 0 Å². The van der Waals surface area contributed by atoms with Crippen molar-refractivity contribution in [2.75, 3.05) is 0 Å². The van der Waals surface area contributed by atoms with Crippen LogP contribution >= 0.6 is 15.9 Å². The Morgan fingerprint density at radius 3 is 2.35 bits per heavy atom. The van der Waals surface area contributed by atoms with Crippen molar-refractivity contribution in [3.8, 4) is 5.69 Å². The summed E-state index contributed by atoms with van der Waals surface area (Å²) < 4.78 is 5.50. The minimum Gasteiger partial charge on any atom is -0.277 e. The summed E-state index contributed by atoms with van der Waals surface area (Å²) in [6.45, 7) is 0. The zero-order chi connectivity index (χ0) is 15.4. The SMILES string of the molecule is Brc1cccc2c1n(-c1ccccc1)c1nc3ccccc3n21. The number of aromatic nitrogens is 3. The van der Waals surface area contributed by atoms with Crippen LogP contribution in [0.2, 0.25) is 0 Å². The fraction of sp³-hybridized carbons (Fsp3) is 0. The van der Waals surface area contributed by atoms with Gasteiger partial charge in [0.25, 0.3) is 0 Å². The zero-order valence-corrected chi connectivity index (χ0v) is 13.7. The van der Waals surface area contributed by atoms with Crippen LogP contribution in [0.1, 0.15) is 0 Å². The average molecular weight is 362 g/mol. The highest BCUT2D eigenvalue weighted by atomic mass is 79.9. The normalized spacial score (nSPS) is 11.7. The van der Waals surface area contributed by atoms with Crippen molar-refractivity contribution < 1.29 is 0 Å². The third kappa shape index (κ3) is 1.72. The topological polar surface area (TPSA) is 22.2 Å². The van der Waals surface area contributed by atoms with Gasteiger partial charge in [-0.25, -0.2) is 4.98 Å². The zero-order valence-electron chi connectivity index (χ0n) is 12.1. The molecule has 3 aromatic carbocycles. The van der Waals surface area contributed by atoms with Crippen molar-refractivity contribution in [1.29, 1.82) is 0 Å². The molecule has 0 radical (unpaired) electrons. The largest absolute Gasteiger partial charge is 0.277 e. The van der Waals surface area contributed by atoms with Gasteiger partial charge >= 0.3 is 0 Å². The second-order valence-corrected chi connectivity index (χ2v) is 6.37. The number of para-hydroxylation sites is 4. The highest BCUT2D eigenvalue weighted by Crippen LogP contribution is 2.33. The van der Waals surface area contributed by atoms with E-state index in [1.807, 2.05) is 12.1 Å². The number of fused-ring (bicyclic) bond motifs is 5. The Morgan fingerprint density at radius 2 is 1.48 bits per heavy atom. The molecule has 110 valence electrons. The monoisotopic (exact) mass is 361 g/mol. The molecule has 3 nitrogen and oxygen atoms in total. The number of rotatable bonds is 1. The van der Waals surface area contributed by atoms with Crippen molar-refractivity contribution in [2.45, 2.75) is 0 Å². The maximum Gasteiger partial charge on any atom is 0.220 e. The molecule has 0 spiro atoms. The summed E-state index contributed by atoms with van der Waals surface area (Å²) in [6, 6.07) is 24.9. The van der Waals surface area contributed by atoms with Crippen LogP contribution in [0.5, 0.6) is 0 Å². The molecule has 0 saturated heterocycles.